The molecule has 0 unspecified atom stereocenters. The van der Waals surface area contributed by atoms with Crippen LogP contribution >= 0.6 is 0 Å². The first-order valence-corrected chi connectivity index (χ1v) is 5.53. The lowest BCUT2D eigenvalue weighted by molar-refractivity contribution is -0.132. The van der Waals surface area contributed by atoms with E-state index in [1.165, 1.54) is 12.1 Å². The number of rotatable bonds is 1. The van der Waals surface area contributed by atoms with Crippen molar-refractivity contribution in [3.05, 3.63) is 29.6 Å². The van der Waals surface area contributed by atoms with Crippen molar-refractivity contribution in [1.82, 2.24) is 4.90 Å². The van der Waals surface area contributed by atoms with Crippen LogP contribution in [0, 0.1) is 5.82 Å². The Hall–Kier alpha value is -1.62. The van der Waals surface area contributed by atoms with E-state index in [0.29, 0.717) is 31.0 Å². The first kappa shape index (κ1) is 11.9. The fraction of sp³-hybridized carbons (Fsp3) is 0.417. The van der Waals surface area contributed by atoms with Gasteiger partial charge in [-0.2, -0.15) is 0 Å². The van der Waals surface area contributed by atoms with E-state index in [1.807, 2.05) is 0 Å². The van der Waals surface area contributed by atoms with Crippen LogP contribution in [0.2, 0.25) is 0 Å². The molecule has 0 spiro atoms. The van der Waals surface area contributed by atoms with Gasteiger partial charge in [-0.3, -0.25) is 4.79 Å². The predicted octanol–water partition coefficient (Wildman–Crippen LogP) is 0.894. The molecule has 1 aliphatic heterocycles. The zero-order chi connectivity index (χ0) is 12.4. The molecule has 92 valence electrons. The normalized spacial score (nSPS) is 16.8. The molecule has 1 aromatic carbocycles. The van der Waals surface area contributed by atoms with Crippen molar-refractivity contribution in [2.45, 2.75) is 19.5 Å². The summed E-state index contributed by atoms with van der Waals surface area (Å²) in [7, 11) is 0. The van der Waals surface area contributed by atoms with Crippen LogP contribution in [0.5, 0.6) is 5.75 Å². The number of nitrogens with zero attached hydrogens (tertiary/aromatic N) is 1. The van der Waals surface area contributed by atoms with Crippen LogP contribution in [0.1, 0.15) is 12.5 Å². The SMILES string of the molecule is C[C@@H](N)C(=O)N1CCOc2ccc(F)cc2C1. The van der Waals surface area contributed by atoms with Crippen LogP contribution in [0.4, 0.5) is 4.39 Å². The minimum atomic E-state index is -0.551. The van der Waals surface area contributed by atoms with Crippen LogP contribution in [0.3, 0.4) is 0 Å². The lowest BCUT2D eigenvalue weighted by Crippen LogP contribution is -2.42. The minimum absolute atomic E-state index is 0.147. The lowest BCUT2D eigenvalue weighted by Gasteiger charge is -2.21. The number of amides is 1. The van der Waals surface area contributed by atoms with E-state index in [1.54, 1.807) is 17.9 Å². The molecule has 1 aromatic rings. The molecule has 0 saturated heterocycles. The number of carbonyl (C=O) groups excluding carboxylic acids is 1. The summed E-state index contributed by atoms with van der Waals surface area (Å²) in [5.74, 6) is 0.152. The largest absolute Gasteiger partial charge is 0.491 e. The van der Waals surface area contributed by atoms with Gasteiger partial charge in [-0.25, -0.2) is 4.39 Å². The van der Waals surface area contributed by atoms with Crippen molar-refractivity contribution < 1.29 is 13.9 Å². The molecule has 4 nitrogen and oxygen atoms in total. The van der Waals surface area contributed by atoms with Gasteiger partial charge in [-0.15, -0.1) is 0 Å². The van der Waals surface area contributed by atoms with Gasteiger partial charge in [0.2, 0.25) is 5.91 Å². The Labute approximate surface area is 99.2 Å². The van der Waals surface area contributed by atoms with Crippen LogP contribution in [-0.4, -0.2) is 30.0 Å². The highest BCUT2D eigenvalue weighted by Crippen LogP contribution is 2.24. The van der Waals surface area contributed by atoms with E-state index in [2.05, 4.69) is 0 Å². The Kier molecular flexibility index (Phi) is 3.28. The number of nitrogens with two attached hydrogens (primary N) is 1. The van der Waals surface area contributed by atoms with Gasteiger partial charge in [-0.05, 0) is 25.1 Å². The van der Waals surface area contributed by atoms with Crippen LogP contribution in [0.15, 0.2) is 18.2 Å². The number of fused-ring (bicyclic) bond motifs is 1. The molecule has 17 heavy (non-hydrogen) atoms. The maximum absolute atomic E-state index is 13.1. The molecule has 2 N–H and O–H groups in total. The van der Waals surface area contributed by atoms with Crippen molar-refractivity contribution in [3.8, 4) is 5.75 Å². The third kappa shape index (κ3) is 2.55. The van der Waals surface area contributed by atoms with Gasteiger partial charge in [0.15, 0.2) is 0 Å². The highest BCUT2D eigenvalue weighted by atomic mass is 19.1. The summed E-state index contributed by atoms with van der Waals surface area (Å²) in [6.07, 6.45) is 0. The number of halogens is 1. The summed E-state index contributed by atoms with van der Waals surface area (Å²) < 4.78 is 18.6. The number of ether oxygens (including phenoxy) is 1. The van der Waals surface area contributed by atoms with Crippen molar-refractivity contribution in [1.29, 1.82) is 0 Å². The fourth-order valence-electron chi connectivity index (χ4n) is 1.84. The molecule has 1 aliphatic rings. The molecular formula is C12H15FN2O2. The smallest absolute Gasteiger partial charge is 0.239 e. The van der Waals surface area contributed by atoms with Crippen molar-refractivity contribution in [3.63, 3.8) is 0 Å². The summed E-state index contributed by atoms with van der Waals surface area (Å²) in [5, 5.41) is 0. The van der Waals surface area contributed by atoms with Gasteiger partial charge >= 0.3 is 0 Å². The molecule has 1 amide bonds. The zero-order valence-electron chi connectivity index (χ0n) is 9.65. The van der Waals surface area contributed by atoms with Gasteiger partial charge in [0.1, 0.15) is 18.2 Å². The van der Waals surface area contributed by atoms with Crippen LogP contribution < -0.4 is 10.5 Å². The second-order valence-corrected chi connectivity index (χ2v) is 4.15. The number of hydrogen-bond donors (Lipinski definition) is 1. The first-order chi connectivity index (χ1) is 8.08. The van der Waals surface area contributed by atoms with E-state index in [0.717, 1.165) is 0 Å². The van der Waals surface area contributed by atoms with Crippen molar-refractivity contribution in [2.75, 3.05) is 13.2 Å². The molecule has 5 heteroatoms. The van der Waals surface area contributed by atoms with Gasteiger partial charge in [0.25, 0.3) is 0 Å². The zero-order valence-corrected chi connectivity index (χ0v) is 9.65. The topological polar surface area (TPSA) is 55.6 Å². The highest BCUT2D eigenvalue weighted by molar-refractivity contribution is 5.81. The molecular weight excluding hydrogens is 223 g/mol. The molecule has 0 aliphatic carbocycles. The third-order valence-corrected chi connectivity index (χ3v) is 2.70. The molecule has 0 bridgehead atoms. The summed E-state index contributed by atoms with van der Waals surface area (Å²) in [5.41, 5.74) is 6.24. The maximum Gasteiger partial charge on any atom is 0.239 e. The molecule has 0 aromatic heterocycles. The second-order valence-electron chi connectivity index (χ2n) is 4.15. The van der Waals surface area contributed by atoms with E-state index in [4.69, 9.17) is 10.5 Å². The average Bonchev–Trinajstić information content (AvgIpc) is 2.49. The Morgan fingerprint density at radius 1 is 1.59 bits per heavy atom. The maximum atomic E-state index is 13.1. The molecule has 0 radical (unpaired) electrons. The average molecular weight is 238 g/mol. The van der Waals surface area contributed by atoms with E-state index in [9.17, 15) is 9.18 Å². The monoisotopic (exact) mass is 238 g/mol. The van der Waals surface area contributed by atoms with Gasteiger partial charge in [0.05, 0.1) is 12.6 Å². The van der Waals surface area contributed by atoms with Gasteiger partial charge < -0.3 is 15.4 Å². The Bertz CT molecular complexity index is 435. The minimum Gasteiger partial charge on any atom is -0.491 e. The molecule has 1 atom stereocenters. The van der Waals surface area contributed by atoms with Gasteiger partial charge in [-0.1, -0.05) is 0 Å². The number of carbonyl (C=O) groups is 1. The summed E-state index contributed by atoms with van der Waals surface area (Å²) in [4.78, 5) is 13.4. The van der Waals surface area contributed by atoms with Crippen LogP contribution in [-0.2, 0) is 11.3 Å². The number of benzene rings is 1. The van der Waals surface area contributed by atoms with E-state index < -0.39 is 6.04 Å². The van der Waals surface area contributed by atoms with Crippen molar-refractivity contribution in [2.24, 2.45) is 5.73 Å². The van der Waals surface area contributed by atoms with E-state index >= 15 is 0 Å². The Morgan fingerprint density at radius 3 is 3.06 bits per heavy atom. The highest BCUT2D eigenvalue weighted by Gasteiger charge is 2.22. The quantitative estimate of drug-likeness (QED) is 0.790. The predicted molar refractivity (Wildman–Crippen MR) is 61.0 cm³/mol. The number of hydrogen-bond acceptors (Lipinski definition) is 3. The summed E-state index contributed by atoms with van der Waals surface area (Å²) in [6, 6.07) is 3.78. The molecule has 0 fully saturated rings. The standard InChI is InChI=1S/C12H15FN2O2/c1-8(14)12(16)15-4-5-17-11-3-2-10(13)6-9(11)7-15/h2-3,6,8H,4-5,7,14H2,1H3/t8-/m1/s1. The Balaban J connectivity index is 2.24. The summed E-state index contributed by atoms with van der Waals surface area (Å²) in [6.45, 7) is 2.85. The Morgan fingerprint density at radius 2 is 2.35 bits per heavy atom. The van der Waals surface area contributed by atoms with Crippen molar-refractivity contribution >= 4 is 5.91 Å². The fourth-order valence-corrected chi connectivity index (χ4v) is 1.84. The molecule has 1 heterocycles. The molecule has 2 rings (SSSR count). The first-order valence-electron chi connectivity index (χ1n) is 5.53. The molecule has 0 saturated carbocycles. The van der Waals surface area contributed by atoms with E-state index in [-0.39, 0.29) is 11.7 Å². The summed E-state index contributed by atoms with van der Waals surface area (Å²) >= 11 is 0. The van der Waals surface area contributed by atoms with Crippen LogP contribution in [0.25, 0.3) is 0 Å². The second kappa shape index (κ2) is 4.71. The van der Waals surface area contributed by atoms with Gasteiger partial charge in [0, 0.05) is 12.1 Å². The third-order valence-electron chi connectivity index (χ3n) is 2.70. The lowest BCUT2D eigenvalue weighted by atomic mass is 10.1.